The molecular weight excluding hydrogens is 442 g/mol. The number of anilines is 1. The van der Waals surface area contributed by atoms with Crippen molar-refractivity contribution in [1.29, 1.82) is 0 Å². The number of hydrogen-bond donors (Lipinski definition) is 1. The average Bonchev–Trinajstić information content (AvgIpc) is 2.98. The number of furan rings is 1. The minimum Gasteiger partial charge on any atom is -0.460 e. The standard InChI is InChI=1S/C21H16BrNO4S/c1-12(24)20-13(2)27-21-17-6-4-3-5-16(17)19(11-18(20)21)23-28(25,26)15-9-7-14(22)8-10-15/h3-11,23H,1-2H3. The summed E-state index contributed by atoms with van der Waals surface area (Å²) in [6, 6.07) is 15.4. The monoisotopic (exact) mass is 457 g/mol. The lowest BCUT2D eigenvalue weighted by Gasteiger charge is -2.12. The van der Waals surface area contributed by atoms with Gasteiger partial charge in [0.25, 0.3) is 10.0 Å². The number of carbonyl (C=O) groups is 1. The molecule has 4 aromatic rings. The van der Waals surface area contributed by atoms with E-state index in [1.165, 1.54) is 19.1 Å². The smallest absolute Gasteiger partial charge is 0.261 e. The molecule has 3 aromatic carbocycles. The van der Waals surface area contributed by atoms with Gasteiger partial charge >= 0.3 is 0 Å². The average molecular weight is 458 g/mol. The second-order valence-electron chi connectivity index (χ2n) is 6.50. The van der Waals surface area contributed by atoms with E-state index in [0.717, 1.165) is 9.86 Å². The molecule has 0 radical (unpaired) electrons. The van der Waals surface area contributed by atoms with Gasteiger partial charge in [0.1, 0.15) is 11.3 Å². The summed E-state index contributed by atoms with van der Waals surface area (Å²) in [6.07, 6.45) is 0. The lowest BCUT2D eigenvalue weighted by atomic mass is 10.0. The van der Waals surface area contributed by atoms with Crippen LogP contribution in [0.2, 0.25) is 0 Å². The number of benzene rings is 3. The first kappa shape index (κ1) is 18.7. The quantitative estimate of drug-likeness (QED) is 0.401. The third-order valence-electron chi connectivity index (χ3n) is 4.59. The highest BCUT2D eigenvalue weighted by Gasteiger charge is 2.21. The van der Waals surface area contributed by atoms with Crippen LogP contribution in [-0.2, 0) is 10.0 Å². The summed E-state index contributed by atoms with van der Waals surface area (Å²) in [5, 5.41) is 2.03. The van der Waals surface area contributed by atoms with Crippen LogP contribution < -0.4 is 4.72 Å². The van der Waals surface area contributed by atoms with Crippen molar-refractivity contribution in [3.05, 3.63) is 70.4 Å². The first-order valence-corrected chi connectivity index (χ1v) is 10.8. The van der Waals surface area contributed by atoms with Crippen LogP contribution in [0.25, 0.3) is 21.7 Å². The van der Waals surface area contributed by atoms with E-state index >= 15 is 0 Å². The molecule has 0 saturated carbocycles. The first-order valence-electron chi connectivity index (χ1n) is 8.52. The van der Waals surface area contributed by atoms with Gasteiger partial charge in [-0.25, -0.2) is 8.42 Å². The van der Waals surface area contributed by atoms with Gasteiger partial charge in [-0.15, -0.1) is 0 Å². The van der Waals surface area contributed by atoms with Gasteiger partial charge in [-0.3, -0.25) is 9.52 Å². The third-order valence-corrected chi connectivity index (χ3v) is 6.50. The van der Waals surface area contributed by atoms with E-state index in [9.17, 15) is 13.2 Å². The maximum Gasteiger partial charge on any atom is 0.261 e. The van der Waals surface area contributed by atoms with Crippen LogP contribution in [0.15, 0.2) is 68.4 Å². The normalized spacial score (nSPS) is 11.8. The zero-order valence-electron chi connectivity index (χ0n) is 15.1. The number of hydrogen-bond acceptors (Lipinski definition) is 4. The Hall–Kier alpha value is -2.64. The van der Waals surface area contributed by atoms with Gasteiger partial charge in [0.05, 0.1) is 16.1 Å². The molecule has 0 unspecified atom stereocenters. The maximum atomic E-state index is 12.9. The Morgan fingerprint density at radius 3 is 2.29 bits per heavy atom. The molecule has 1 aromatic heterocycles. The minimum atomic E-state index is -3.80. The molecule has 0 spiro atoms. The van der Waals surface area contributed by atoms with Crippen molar-refractivity contribution in [3.8, 4) is 0 Å². The fourth-order valence-corrected chi connectivity index (χ4v) is 4.71. The Kier molecular flexibility index (Phi) is 4.51. The number of carbonyl (C=O) groups excluding carboxylic acids is 1. The zero-order valence-corrected chi connectivity index (χ0v) is 17.5. The van der Waals surface area contributed by atoms with E-state index in [2.05, 4.69) is 20.7 Å². The van der Waals surface area contributed by atoms with E-state index in [-0.39, 0.29) is 10.7 Å². The van der Waals surface area contributed by atoms with Gasteiger partial charge in [0.15, 0.2) is 5.78 Å². The molecule has 0 aliphatic heterocycles. The summed E-state index contributed by atoms with van der Waals surface area (Å²) in [5.74, 6) is 0.383. The van der Waals surface area contributed by atoms with Crippen LogP contribution in [0.3, 0.4) is 0 Å². The largest absolute Gasteiger partial charge is 0.460 e. The Morgan fingerprint density at radius 2 is 1.64 bits per heavy atom. The fraction of sp³-hybridized carbons (Fsp3) is 0.0952. The molecule has 0 atom stereocenters. The molecule has 0 fully saturated rings. The molecule has 5 nitrogen and oxygen atoms in total. The molecule has 4 rings (SSSR count). The number of nitrogens with one attached hydrogen (secondary N) is 1. The molecule has 0 aliphatic rings. The second-order valence-corrected chi connectivity index (χ2v) is 9.09. The Bertz CT molecular complexity index is 1340. The van der Waals surface area contributed by atoms with Crippen molar-refractivity contribution in [2.45, 2.75) is 18.7 Å². The summed E-state index contributed by atoms with van der Waals surface area (Å²) in [4.78, 5) is 12.3. The van der Waals surface area contributed by atoms with E-state index < -0.39 is 10.0 Å². The summed E-state index contributed by atoms with van der Waals surface area (Å²) in [5.41, 5.74) is 1.43. The SMILES string of the molecule is CC(=O)c1c(C)oc2c1cc(NS(=O)(=O)c1ccc(Br)cc1)c1ccccc12. The van der Waals surface area contributed by atoms with Gasteiger partial charge in [-0.2, -0.15) is 0 Å². The molecule has 1 N–H and O–H groups in total. The number of aryl methyl sites for hydroxylation is 1. The molecule has 7 heteroatoms. The first-order chi connectivity index (χ1) is 13.3. The highest BCUT2D eigenvalue weighted by atomic mass is 79.9. The predicted octanol–water partition coefficient (Wildman–Crippen LogP) is 5.66. The van der Waals surface area contributed by atoms with Crippen LogP contribution in [0, 0.1) is 6.92 Å². The minimum absolute atomic E-state index is 0.131. The van der Waals surface area contributed by atoms with Gasteiger partial charge in [-0.05, 0) is 44.2 Å². The zero-order chi connectivity index (χ0) is 20.1. The lowest BCUT2D eigenvalue weighted by Crippen LogP contribution is -2.13. The van der Waals surface area contributed by atoms with E-state index in [1.54, 1.807) is 25.1 Å². The number of halogens is 1. The maximum absolute atomic E-state index is 12.9. The van der Waals surface area contributed by atoms with Gasteiger partial charge < -0.3 is 4.42 Å². The van der Waals surface area contributed by atoms with Crippen LogP contribution in [0.1, 0.15) is 23.0 Å². The van der Waals surface area contributed by atoms with E-state index in [1.807, 2.05) is 24.3 Å². The Labute approximate surface area is 170 Å². The number of sulfonamides is 1. The van der Waals surface area contributed by atoms with Crippen molar-refractivity contribution >= 4 is 59.2 Å². The molecule has 0 aliphatic carbocycles. The molecule has 0 amide bonds. The van der Waals surface area contributed by atoms with Crippen LogP contribution in [0.4, 0.5) is 5.69 Å². The highest BCUT2D eigenvalue weighted by Crippen LogP contribution is 2.37. The highest BCUT2D eigenvalue weighted by molar-refractivity contribution is 9.10. The summed E-state index contributed by atoms with van der Waals surface area (Å²) in [7, 11) is -3.80. The van der Waals surface area contributed by atoms with Crippen LogP contribution in [-0.4, -0.2) is 14.2 Å². The molecule has 142 valence electrons. The number of Topliss-reactive ketones (excluding diaryl/α,β-unsaturated/α-hetero) is 1. The van der Waals surface area contributed by atoms with Gasteiger partial charge in [-0.1, -0.05) is 40.2 Å². The van der Waals surface area contributed by atoms with Crippen molar-refractivity contribution in [3.63, 3.8) is 0 Å². The Morgan fingerprint density at radius 1 is 1.00 bits per heavy atom. The van der Waals surface area contributed by atoms with Crippen molar-refractivity contribution in [1.82, 2.24) is 0 Å². The number of fused-ring (bicyclic) bond motifs is 3. The molecule has 28 heavy (non-hydrogen) atoms. The van der Waals surface area contributed by atoms with E-state index in [4.69, 9.17) is 4.42 Å². The van der Waals surface area contributed by atoms with Crippen LogP contribution >= 0.6 is 15.9 Å². The summed E-state index contributed by atoms with van der Waals surface area (Å²) in [6.45, 7) is 3.20. The lowest BCUT2D eigenvalue weighted by molar-refractivity contribution is 0.101. The fourth-order valence-electron chi connectivity index (χ4n) is 3.38. The summed E-state index contributed by atoms with van der Waals surface area (Å²) >= 11 is 3.30. The van der Waals surface area contributed by atoms with Crippen molar-refractivity contribution in [2.75, 3.05) is 4.72 Å². The second kappa shape index (κ2) is 6.76. The topological polar surface area (TPSA) is 76.4 Å². The molecule has 1 heterocycles. The van der Waals surface area contributed by atoms with Crippen molar-refractivity contribution in [2.24, 2.45) is 0 Å². The number of rotatable bonds is 4. The molecular formula is C21H16BrNO4S. The Balaban J connectivity index is 1.96. The molecule has 0 saturated heterocycles. The van der Waals surface area contributed by atoms with Crippen LogP contribution in [0.5, 0.6) is 0 Å². The number of ketones is 1. The summed E-state index contributed by atoms with van der Waals surface area (Å²) < 4.78 is 35.1. The van der Waals surface area contributed by atoms with Gasteiger partial charge in [0.2, 0.25) is 0 Å². The van der Waals surface area contributed by atoms with E-state index in [0.29, 0.717) is 33.4 Å². The predicted molar refractivity (Wildman–Crippen MR) is 113 cm³/mol. The molecule has 0 bridgehead atoms. The third kappa shape index (κ3) is 3.10. The van der Waals surface area contributed by atoms with Gasteiger partial charge in [0, 0.05) is 20.6 Å². The van der Waals surface area contributed by atoms with Crippen molar-refractivity contribution < 1.29 is 17.6 Å².